The quantitative estimate of drug-likeness (QED) is 0.561. The first-order valence-electron chi connectivity index (χ1n) is 9.48. The normalized spacial score (nSPS) is 12.9. The third kappa shape index (κ3) is 5.46. The molecule has 0 aromatic heterocycles. The van der Waals surface area contributed by atoms with Gasteiger partial charge in [0.05, 0.1) is 12.2 Å². The maximum Gasteiger partial charge on any atom is 0.417 e. The maximum atomic E-state index is 13.3. The van der Waals surface area contributed by atoms with E-state index >= 15 is 0 Å². The third-order valence-corrected chi connectivity index (χ3v) is 4.97. The lowest BCUT2D eigenvalue weighted by molar-refractivity contribution is -0.137. The van der Waals surface area contributed by atoms with Crippen LogP contribution < -0.4 is 0 Å². The van der Waals surface area contributed by atoms with Crippen molar-refractivity contribution < 1.29 is 18.3 Å². The highest BCUT2D eigenvalue weighted by Gasteiger charge is 2.33. The predicted octanol–water partition coefficient (Wildman–Crippen LogP) is 5.58. The minimum absolute atomic E-state index is 0.0131. The molecule has 5 heteroatoms. The number of halogens is 3. The SMILES string of the molecule is CN(Cc1ccc(-c2ccccc2C(F)(F)F)cc1)CC(CO)c1ccccc1. The predicted molar refractivity (Wildman–Crippen MR) is 109 cm³/mol. The zero-order valence-electron chi connectivity index (χ0n) is 16.2. The van der Waals surface area contributed by atoms with Gasteiger partial charge < -0.3 is 10.0 Å². The minimum atomic E-state index is -4.38. The van der Waals surface area contributed by atoms with Crippen molar-refractivity contribution in [1.82, 2.24) is 4.90 Å². The molecule has 1 atom stereocenters. The highest BCUT2D eigenvalue weighted by atomic mass is 19.4. The molecule has 0 bridgehead atoms. The van der Waals surface area contributed by atoms with Gasteiger partial charge in [0, 0.05) is 19.0 Å². The fourth-order valence-corrected chi connectivity index (χ4v) is 3.52. The first-order chi connectivity index (χ1) is 13.9. The van der Waals surface area contributed by atoms with Crippen LogP contribution in [0, 0.1) is 0 Å². The Morgan fingerprint density at radius 1 is 0.862 bits per heavy atom. The van der Waals surface area contributed by atoms with Crippen molar-refractivity contribution in [1.29, 1.82) is 0 Å². The van der Waals surface area contributed by atoms with Crippen molar-refractivity contribution in [3.8, 4) is 11.1 Å². The second kappa shape index (κ2) is 9.25. The van der Waals surface area contributed by atoms with E-state index in [4.69, 9.17) is 0 Å². The molecule has 0 radical (unpaired) electrons. The van der Waals surface area contributed by atoms with Crippen molar-refractivity contribution in [2.24, 2.45) is 0 Å². The van der Waals surface area contributed by atoms with Crippen LogP contribution in [0.2, 0.25) is 0 Å². The summed E-state index contributed by atoms with van der Waals surface area (Å²) in [6.45, 7) is 1.38. The van der Waals surface area contributed by atoms with Gasteiger partial charge in [-0.25, -0.2) is 0 Å². The van der Waals surface area contributed by atoms with Gasteiger partial charge >= 0.3 is 6.18 Å². The van der Waals surface area contributed by atoms with Crippen LogP contribution in [-0.4, -0.2) is 30.2 Å². The van der Waals surface area contributed by atoms with Crippen molar-refractivity contribution in [2.45, 2.75) is 18.6 Å². The lowest BCUT2D eigenvalue weighted by Crippen LogP contribution is -2.26. The smallest absolute Gasteiger partial charge is 0.396 e. The van der Waals surface area contributed by atoms with E-state index in [9.17, 15) is 18.3 Å². The molecule has 0 saturated heterocycles. The van der Waals surface area contributed by atoms with Gasteiger partial charge in [0.25, 0.3) is 0 Å². The summed E-state index contributed by atoms with van der Waals surface area (Å²) in [7, 11) is 1.97. The van der Waals surface area contributed by atoms with Gasteiger partial charge in [-0.1, -0.05) is 72.8 Å². The second-order valence-corrected chi connectivity index (χ2v) is 7.23. The van der Waals surface area contributed by atoms with E-state index in [1.165, 1.54) is 12.1 Å². The number of aliphatic hydroxyl groups excluding tert-OH is 1. The van der Waals surface area contributed by atoms with Crippen molar-refractivity contribution in [3.63, 3.8) is 0 Å². The molecule has 0 fully saturated rings. The van der Waals surface area contributed by atoms with Crippen molar-refractivity contribution in [2.75, 3.05) is 20.2 Å². The Morgan fingerprint density at radius 3 is 2.10 bits per heavy atom. The maximum absolute atomic E-state index is 13.3. The summed E-state index contributed by atoms with van der Waals surface area (Å²) in [6, 6.07) is 22.7. The van der Waals surface area contributed by atoms with Gasteiger partial charge in [0.15, 0.2) is 0 Å². The van der Waals surface area contributed by atoms with E-state index in [2.05, 4.69) is 4.90 Å². The van der Waals surface area contributed by atoms with E-state index in [-0.39, 0.29) is 18.1 Å². The molecule has 0 amide bonds. The number of hydrogen-bond acceptors (Lipinski definition) is 2. The van der Waals surface area contributed by atoms with Crippen LogP contribution in [0.15, 0.2) is 78.9 Å². The largest absolute Gasteiger partial charge is 0.417 e. The Kier molecular flexibility index (Phi) is 6.72. The fourth-order valence-electron chi connectivity index (χ4n) is 3.52. The zero-order chi connectivity index (χ0) is 20.9. The summed E-state index contributed by atoms with van der Waals surface area (Å²) in [5, 5.41) is 9.73. The Bertz CT molecular complexity index is 907. The molecule has 0 saturated carbocycles. The van der Waals surface area contributed by atoms with Crippen LogP contribution in [0.25, 0.3) is 11.1 Å². The van der Waals surface area contributed by atoms with Crippen LogP contribution in [0.1, 0.15) is 22.6 Å². The Hall–Kier alpha value is -2.63. The van der Waals surface area contributed by atoms with E-state index in [1.807, 2.05) is 49.5 Å². The molecule has 152 valence electrons. The summed E-state index contributed by atoms with van der Waals surface area (Å²) in [5.74, 6) is 0.0131. The van der Waals surface area contributed by atoms with Crippen molar-refractivity contribution >= 4 is 0 Å². The number of likely N-dealkylation sites (N-methyl/N-ethyl adjacent to an activating group) is 1. The van der Waals surface area contributed by atoms with Gasteiger partial charge in [-0.3, -0.25) is 0 Å². The van der Waals surface area contributed by atoms with Crippen LogP contribution in [-0.2, 0) is 12.7 Å². The number of nitrogens with zero attached hydrogens (tertiary/aromatic N) is 1. The van der Waals surface area contributed by atoms with E-state index < -0.39 is 11.7 Å². The zero-order valence-corrected chi connectivity index (χ0v) is 16.2. The van der Waals surface area contributed by atoms with Gasteiger partial charge in [-0.15, -0.1) is 0 Å². The minimum Gasteiger partial charge on any atom is -0.396 e. The van der Waals surface area contributed by atoms with Gasteiger partial charge in [0.1, 0.15) is 0 Å². The van der Waals surface area contributed by atoms with Crippen LogP contribution in [0.3, 0.4) is 0 Å². The summed E-state index contributed by atoms with van der Waals surface area (Å²) in [4.78, 5) is 2.10. The van der Waals surface area contributed by atoms with Gasteiger partial charge in [0.2, 0.25) is 0 Å². The summed E-state index contributed by atoms with van der Waals surface area (Å²) >= 11 is 0. The average molecular weight is 399 g/mol. The summed E-state index contributed by atoms with van der Waals surface area (Å²) in [6.07, 6.45) is -4.38. The topological polar surface area (TPSA) is 23.5 Å². The lowest BCUT2D eigenvalue weighted by Gasteiger charge is -2.23. The van der Waals surface area contributed by atoms with E-state index in [1.54, 1.807) is 18.2 Å². The molecule has 0 aliphatic heterocycles. The Balaban J connectivity index is 1.70. The molecule has 3 aromatic carbocycles. The molecule has 0 heterocycles. The van der Waals surface area contributed by atoms with Gasteiger partial charge in [-0.05, 0) is 35.4 Å². The first kappa shape index (κ1) is 21.1. The monoisotopic (exact) mass is 399 g/mol. The molecular formula is C24H24F3NO. The number of aliphatic hydroxyl groups is 1. The van der Waals surface area contributed by atoms with E-state index in [0.717, 1.165) is 17.2 Å². The standard InChI is InChI=1S/C24H24F3NO/c1-28(16-21(17-29)19-7-3-2-4-8-19)15-18-11-13-20(14-12-18)22-9-5-6-10-23(22)24(25,26)27/h2-14,21,29H,15-17H2,1H3. The number of rotatable bonds is 7. The first-order valence-corrected chi connectivity index (χ1v) is 9.48. The highest BCUT2D eigenvalue weighted by Crippen LogP contribution is 2.36. The van der Waals surface area contributed by atoms with Crippen molar-refractivity contribution in [3.05, 3.63) is 95.6 Å². The molecule has 3 aromatic rings. The molecule has 0 spiro atoms. The second-order valence-electron chi connectivity index (χ2n) is 7.23. The molecule has 2 nitrogen and oxygen atoms in total. The molecule has 29 heavy (non-hydrogen) atoms. The molecule has 0 aliphatic rings. The average Bonchev–Trinajstić information content (AvgIpc) is 2.72. The lowest BCUT2D eigenvalue weighted by atomic mass is 9.98. The highest BCUT2D eigenvalue weighted by molar-refractivity contribution is 5.68. The number of hydrogen-bond donors (Lipinski definition) is 1. The van der Waals surface area contributed by atoms with E-state index in [0.29, 0.717) is 18.7 Å². The summed E-state index contributed by atoms with van der Waals surface area (Å²) < 4.78 is 39.8. The molecule has 3 rings (SSSR count). The van der Waals surface area contributed by atoms with Crippen LogP contribution >= 0.6 is 0 Å². The Morgan fingerprint density at radius 2 is 1.48 bits per heavy atom. The molecule has 0 aliphatic carbocycles. The van der Waals surface area contributed by atoms with Crippen LogP contribution in [0.5, 0.6) is 0 Å². The number of alkyl halides is 3. The molecule has 1 N–H and O–H groups in total. The fraction of sp³-hybridized carbons (Fsp3) is 0.250. The Labute approximate surface area is 169 Å². The third-order valence-electron chi connectivity index (χ3n) is 4.97. The van der Waals surface area contributed by atoms with Crippen LogP contribution in [0.4, 0.5) is 13.2 Å². The number of benzene rings is 3. The molecular weight excluding hydrogens is 375 g/mol. The van der Waals surface area contributed by atoms with Gasteiger partial charge in [-0.2, -0.15) is 13.2 Å². The summed E-state index contributed by atoms with van der Waals surface area (Å²) in [5.41, 5.74) is 2.19. The molecule has 1 unspecified atom stereocenters.